The highest BCUT2D eigenvalue weighted by atomic mass is 35.5. The van der Waals surface area contributed by atoms with Crippen molar-refractivity contribution >= 4 is 46.4 Å². The van der Waals surface area contributed by atoms with Gasteiger partial charge < -0.3 is 15.0 Å². The van der Waals surface area contributed by atoms with Gasteiger partial charge in [0.1, 0.15) is 5.75 Å². The number of nitrogens with zero attached hydrogens (tertiary/aromatic N) is 1. The van der Waals surface area contributed by atoms with Gasteiger partial charge in [0.15, 0.2) is 0 Å². The zero-order valence-electron chi connectivity index (χ0n) is 14.9. The number of rotatable bonds is 6. The van der Waals surface area contributed by atoms with Crippen molar-refractivity contribution in [2.75, 3.05) is 23.4 Å². The summed E-state index contributed by atoms with van der Waals surface area (Å²) in [6, 6.07) is 12.2. The first kappa shape index (κ1) is 19.5. The number of benzene rings is 2. The van der Waals surface area contributed by atoms with Gasteiger partial charge in [-0.15, -0.1) is 0 Å². The van der Waals surface area contributed by atoms with E-state index in [2.05, 4.69) is 5.32 Å². The van der Waals surface area contributed by atoms with Crippen molar-refractivity contribution in [3.63, 3.8) is 0 Å². The highest BCUT2D eigenvalue weighted by Crippen LogP contribution is 2.29. The molecule has 0 aliphatic carbocycles. The number of nitrogens with one attached hydrogen (secondary N) is 1. The molecular weight excluding hydrogens is 387 g/mol. The number of ether oxygens (including phenoxy) is 1. The molecule has 1 aliphatic rings. The molecule has 1 atom stereocenters. The molecule has 1 heterocycles. The molecule has 1 aliphatic heterocycles. The first-order valence-corrected chi connectivity index (χ1v) is 9.52. The Labute approximate surface area is 168 Å². The summed E-state index contributed by atoms with van der Waals surface area (Å²) in [5.41, 5.74) is 1.31. The van der Waals surface area contributed by atoms with Crippen molar-refractivity contribution in [1.82, 2.24) is 0 Å². The quantitative estimate of drug-likeness (QED) is 0.750. The molecule has 27 heavy (non-hydrogen) atoms. The molecule has 5 nitrogen and oxygen atoms in total. The zero-order chi connectivity index (χ0) is 19.4. The van der Waals surface area contributed by atoms with E-state index in [0.29, 0.717) is 28.9 Å². The number of halogens is 2. The van der Waals surface area contributed by atoms with Crippen molar-refractivity contribution < 1.29 is 14.3 Å². The van der Waals surface area contributed by atoms with Gasteiger partial charge in [-0.05, 0) is 48.9 Å². The van der Waals surface area contributed by atoms with Gasteiger partial charge in [-0.1, -0.05) is 30.1 Å². The molecular formula is C20H20Cl2N2O3. The van der Waals surface area contributed by atoms with Crippen molar-refractivity contribution in [1.29, 1.82) is 0 Å². The monoisotopic (exact) mass is 406 g/mol. The van der Waals surface area contributed by atoms with E-state index in [4.69, 9.17) is 27.9 Å². The van der Waals surface area contributed by atoms with Gasteiger partial charge in [0, 0.05) is 24.3 Å². The normalized spacial score (nSPS) is 16.5. The van der Waals surface area contributed by atoms with E-state index in [1.165, 1.54) is 0 Å². The van der Waals surface area contributed by atoms with E-state index < -0.39 is 5.92 Å². The van der Waals surface area contributed by atoms with Gasteiger partial charge in [0.05, 0.1) is 22.6 Å². The Balaban J connectivity index is 1.64. The van der Waals surface area contributed by atoms with E-state index in [-0.39, 0.29) is 18.2 Å². The Morgan fingerprint density at radius 3 is 2.59 bits per heavy atom. The highest BCUT2D eigenvalue weighted by molar-refractivity contribution is 6.42. The third-order valence-corrected chi connectivity index (χ3v) is 5.04. The molecule has 0 bridgehead atoms. The predicted molar refractivity (Wildman–Crippen MR) is 108 cm³/mol. The van der Waals surface area contributed by atoms with E-state index in [9.17, 15) is 9.59 Å². The van der Waals surface area contributed by atoms with Gasteiger partial charge in [0.25, 0.3) is 0 Å². The third-order valence-electron chi connectivity index (χ3n) is 4.30. The van der Waals surface area contributed by atoms with Crippen LogP contribution >= 0.6 is 23.2 Å². The molecule has 1 N–H and O–H groups in total. The van der Waals surface area contributed by atoms with Gasteiger partial charge in [-0.3, -0.25) is 9.59 Å². The first-order chi connectivity index (χ1) is 13.0. The summed E-state index contributed by atoms with van der Waals surface area (Å²) in [6.45, 7) is 3.03. The summed E-state index contributed by atoms with van der Waals surface area (Å²) < 4.78 is 5.56. The Morgan fingerprint density at radius 2 is 1.93 bits per heavy atom. The number of anilines is 2. The molecule has 1 fully saturated rings. The minimum atomic E-state index is -0.428. The Morgan fingerprint density at radius 1 is 1.19 bits per heavy atom. The lowest BCUT2D eigenvalue weighted by Crippen LogP contribution is -2.28. The van der Waals surface area contributed by atoms with E-state index in [0.717, 1.165) is 17.9 Å². The van der Waals surface area contributed by atoms with Crippen LogP contribution in [0.2, 0.25) is 10.0 Å². The lowest BCUT2D eigenvalue weighted by atomic mass is 10.1. The Hall–Kier alpha value is -2.24. The molecule has 1 saturated heterocycles. The fourth-order valence-corrected chi connectivity index (χ4v) is 3.19. The van der Waals surface area contributed by atoms with Crippen LogP contribution in [0.15, 0.2) is 42.5 Å². The maximum absolute atomic E-state index is 12.5. The minimum absolute atomic E-state index is 0.0773. The van der Waals surface area contributed by atoms with Gasteiger partial charge >= 0.3 is 0 Å². The minimum Gasteiger partial charge on any atom is -0.494 e. The fourth-order valence-electron chi connectivity index (χ4n) is 2.89. The number of amides is 2. The summed E-state index contributed by atoms with van der Waals surface area (Å²) in [4.78, 5) is 26.5. The van der Waals surface area contributed by atoms with Crippen LogP contribution < -0.4 is 15.0 Å². The summed E-state index contributed by atoms with van der Waals surface area (Å²) in [5.74, 6) is 0.0442. The largest absolute Gasteiger partial charge is 0.494 e. The van der Waals surface area contributed by atoms with Gasteiger partial charge in [-0.25, -0.2) is 0 Å². The average Bonchev–Trinajstić information content (AvgIpc) is 3.05. The van der Waals surface area contributed by atoms with Crippen LogP contribution in [0.1, 0.15) is 19.8 Å². The lowest BCUT2D eigenvalue weighted by Gasteiger charge is -2.17. The van der Waals surface area contributed by atoms with Gasteiger partial charge in [-0.2, -0.15) is 0 Å². The Bertz CT molecular complexity index is 840. The highest BCUT2D eigenvalue weighted by Gasteiger charge is 2.35. The van der Waals surface area contributed by atoms with Crippen molar-refractivity contribution in [2.24, 2.45) is 5.92 Å². The van der Waals surface area contributed by atoms with Crippen LogP contribution in [-0.4, -0.2) is 25.0 Å². The second-order valence-electron chi connectivity index (χ2n) is 6.37. The van der Waals surface area contributed by atoms with Crippen molar-refractivity contribution in [3.05, 3.63) is 52.5 Å². The first-order valence-electron chi connectivity index (χ1n) is 8.77. The number of hydrogen-bond donors (Lipinski definition) is 1. The molecule has 2 amide bonds. The van der Waals surface area contributed by atoms with Crippen LogP contribution in [-0.2, 0) is 9.59 Å². The molecule has 0 radical (unpaired) electrons. The molecule has 3 rings (SSSR count). The standard InChI is InChI=1S/C20H20Cl2N2O3/c1-2-9-27-16-6-4-15(5-7-16)24-12-13(10-19(24)25)20(26)23-14-3-8-17(21)18(22)11-14/h3-8,11,13H,2,9-10,12H2,1H3,(H,23,26)/t13-/m1/s1. The summed E-state index contributed by atoms with van der Waals surface area (Å²) >= 11 is 11.9. The predicted octanol–water partition coefficient (Wildman–Crippen LogP) is 4.77. The van der Waals surface area contributed by atoms with Crippen molar-refractivity contribution in [3.8, 4) is 5.75 Å². The Kier molecular flexibility index (Phi) is 6.24. The maximum Gasteiger partial charge on any atom is 0.229 e. The topological polar surface area (TPSA) is 58.6 Å². The third kappa shape index (κ3) is 4.73. The van der Waals surface area contributed by atoms with Crippen molar-refractivity contribution in [2.45, 2.75) is 19.8 Å². The summed E-state index contributed by atoms with van der Waals surface area (Å²) in [5, 5.41) is 3.58. The van der Waals surface area contributed by atoms with E-state index in [1.54, 1.807) is 23.1 Å². The van der Waals surface area contributed by atoms with Gasteiger partial charge in [0.2, 0.25) is 11.8 Å². The summed E-state index contributed by atoms with van der Waals surface area (Å²) in [7, 11) is 0. The smallest absolute Gasteiger partial charge is 0.229 e. The SMILES string of the molecule is CCCOc1ccc(N2C[C@H](C(=O)Nc3ccc(Cl)c(Cl)c3)CC2=O)cc1. The number of carbonyl (C=O) groups is 2. The molecule has 2 aromatic rings. The summed E-state index contributed by atoms with van der Waals surface area (Å²) in [6.07, 6.45) is 1.10. The molecule has 7 heteroatoms. The molecule has 2 aromatic carbocycles. The second-order valence-corrected chi connectivity index (χ2v) is 7.18. The molecule has 0 aromatic heterocycles. The van der Waals surface area contributed by atoms with E-state index >= 15 is 0 Å². The molecule has 142 valence electrons. The van der Waals surface area contributed by atoms with Crippen LogP contribution in [0.25, 0.3) is 0 Å². The lowest BCUT2D eigenvalue weighted by molar-refractivity contribution is -0.122. The molecule has 0 spiro atoms. The average molecular weight is 407 g/mol. The molecule has 0 saturated carbocycles. The van der Waals surface area contributed by atoms with E-state index in [1.807, 2.05) is 31.2 Å². The van der Waals surface area contributed by atoms with Crippen LogP contribution in [0.4, 0.5) is 11.4 Å². The number of carbonyl (C=O) groups excluding carboxylic acids is 2. The zero-order valence-corrected chi connectivity index (χ0v) is 16.4. The molecule has 0 unspecified atom stereocenters. The van der Waals surface area contributed by atoms with Crippen LogP contribution in [0.3, 0.4) is 0 Å². The maximum atomic E-state index is 12.5. The second kappa shape index (κ2) is 8.63. The fraction of sp³-hybridized carbons (Fsp3) is 0.300. The number of hydrogen-bond acceptors (Lipinski definition) is 3. The van der Waals surface area contributed by atoms with Crippen LogP contribution in [0, 0.1) is 5.92 Å². The van der Waals surface area contributed by atoms with Crippen LogP contribution in [0.5, 0.6) is 5.75 Å².